The predicted octanol–water partition coefficient (Wildman–Crippen LogP) is 2.68. The van der Waals surface area contributed by atoms with E-state index in [1.807, 2.05) is 0 Å². The highest BCUT2D eigenvalue weighted by atomic mass is 15.1. The summed E-state index contributed by atoms with van der Waals surface area (Å²) in [6, 6.07) is 2.06. The highest BCUT2D eigenvalue weighted by Crippen LogP contribution is 2.32. The molecule has 1 aliphatic carbocycles. The van der Waals surface area contributed by atoms with E-state index < -0.39 is 0 Å². The van der Waals surface area contributed by atoms with E-state index in [1.165, 1.54) is 45.3 Å². The summed E-state index contributed by atoms with van der Waals surface area (Å²) < 4.78 is 0. The monoisotopic (exact) mass is 245 g/mol. The number of rotatable bonds is 3. The van der Waals surface area contributed by atoms with Gasteiger partial charge in [-0.05, 0) is 58.1 Å². The first-order chi connectivity index (χ1) is 8.70. The van der Waals surface area contributed by atoms with Crippen LogP contribution in [0.25, 0.3) is 0 Å². The molecule has 1 saturated heterocycles. The van der Waals surface area contributed by atoms with Gasteiger partial charge in [0, 0.05) is 30.4 Å². The van der Waals surface area contributed by atoms with E-state index in [-0.39, 0.29) is 0 Å². The fourth-order valence-electron chi connectivity index (χ4n) is 3.03. The van der Waals surface area contributed by atoms with Gasteiger partial charge in [-0.3, -0.25) is 0 Å². The second kappa shape index (κ2) is 4.96. The molecule has 0 aromatic carbocycles. The average molecular weight is 245 g/mol. The molecule has 1 saturated carbocycles. The molecule has 0 spiro atoms. The van der Waals surface area contributed by atoms with Gasteiger partial charge in [-0.2, -0.15) is 0 Å². The molecule has 1 aromatic rings. The maximum atomic E-state index is 4.65. The van der Waals surface area contributed by atoms with Gasteiger partial charge >= 0.3 is 0 Å². The largest absolute Gasteiger partial charge is 0.302 e. The highest BCUT2D eigenvalue weighted by Gasteiger charge is 2.29. The number of hydrogen-bond donors (Lipinski definition) is 0. The number of aromatic nitrogens is 2. The Kier molecular flexibility index (Phi) is 3.33. The molecule has 0 bridgehead atoms. The molecule has 1 unspecified atom stereocenters. The van der Waals surface area contributed by atoms with E-state index in [0.29, 0.717) is 5.92 Å². The second-order valence-corrected chi connectivity index (χ2v) is 6.05. The first-order valence-electron chi connectivity index (χ1n) is 7.25. The van der Waals surface area contributed by atoms with Crippen molar-refractivity contribution in [2.24, 2.45) is 5.92 Å². The third-order valence-corrected chi connectivity index (χ3v) is 4.08. The van der Waals surface area contributed by atoms with Gasteiger partial charge in [0.2, 0.25) is 0 Å². The van der Waals surface area contributed by atoms with E-state index in [1.54, 1.807) is 0 Å². The second-order valence-electron chi connectivity index (χ2n) is 6.05. The SMILES string of the molecule is Cc1cc(C)nc(C2CCCN(CC3CC3)C2)n1. The molecule has 2 heterocycles. The predicted molar refractivity (Wildman–Crippen MR) is 72.6 cm³/mol. The van der Waals surface area contributed by atoms with Gasteiger partial charge in [0.25, 0.3) is 0 Å². The maximum Gasteiger partial charge on any atom is 0.133 e. The van der Waals surface area contributed by atoms with Crippen molar-refractivity contribution >= 4 is 0 Å². The molecule has 3 heteroatoms. The lowest BCUT2D eigenvalue weighted by atomic mass is 9.96. The minimum Gasteiger partial charge on any atom is -0.302 e. The van der Waals surface area contributed by atoms with Crippen LogP contribution in [0.5, 0.6) is 0 Å². The molecule has 0 N–H and O–H groups in total. The van der Waals surface area contributed by atoms with E-state index in [9.17, 15) is 0 Å². The van der Waals surface area contributed by atoms with Crippen molar-refractivity contribution in [1.29, 1.82) is 0 Å². The average Bonchev–Trinajstić information content (AvgIpc) is 3.12. The van der Waals surface area contributed by atoms with Gasteiger partial charge in [-0.1, -0.05) is 0 Å². The summed E-state index contributed by atoms with van der Waals surface area (Å²) in [5, 5.41) is 0. The maximum absolute atomic E-state index is 4.65. The van der Waals surface area contributed by atoms with Gasteiger partial charge in [-0.15, -0.1) is 0 Å². The first kappa shape index (κ1) is 12.1. The molecule has 3 nitrogen and oxygen atoms in total. The van der Waals surface area contributed by atoms with Gasteiger partial charge in [0.05, 0.1) is 0 Å². The van der Waals surface area contributed by atoms with Crippen molar-refractivity contribution in [1.82, 2.24) is 14.9 Å². The molecule has 1 atom stereocenters. The molecule has 2 fully saturated rings. The first-order valence-corrected chi connectivity index (χ1v) is 7.25. The van der Waals surface area contributed by atoms with Crippen molar-refractivity contribution < 1.29 is 0 Å². The van der Waals surface area contributed by atoms with Gasteiger partial charge in [-0.25, -0.2) is 9.97 Å². The molecule has 2 aliphatic rings. The smallest absolute Gasteiger partial charge is 0.133 e. The fraction of sp³-hybridized carbons (Fsp3) is 0.733. The number of hydrogen-bond acceptors (Lipinski definition) is 3. The van der Waals surface area contributed by atoms with Gasteiger partial charge in [0.15, 0.2) is 0 Å². The number of nitrogens with zero attached hydrogens (tertiary/aromatic N) is 3. The Morgan fingerprint density at radius 2 is 1.89 bits per heavy atom. The van der Waals surface area contributed by atoms with Crippen molar-refractivity contribution in [3.05, 3.63) is 23.3 Å². The molecule has 0 amide bonds. The van der Waals surface area contributed by atoms with Crippen LogP contribution in [0.4, 0.5) is 0 Å². The van der Waals surface area contributed by atoms with E-state index in [2.05, 4.69) is 34.8 Å². The summed E-state index contributed by atoms with van der Waals surface area (Å²) >= 11 is 0. The lowest BCUT2D eigenvalue weighted by Crippen LogP contribution is -2.36. The van der Waals surface area contributed by atoms with Crippen molar-refractivity contribution in [3.63, 3.8) is 0 Å². The molecule has 3 rings (SSSR count). The van der Waals surface area contributed by atoms with Crippen LogP contribution >= 0.6 is 0 Å². The van der Waals surface area contributed by atoms with Crippen LogP contribution in [0.1, 0.15) is 48.8 Å². The Morgan fingerprint density at radius 1 is 1.17 bits per heavy atom. The summed E-state index contributed by atoms with van der Waals surface area (Å²) in [6.45, 7) is 7.89. The lowest BCUT2D eigenvalue weighted by Gasteiger charge is -2.32. The molecule has 1 aromatic heterocycles. The summed E-state index contributed by atoms with van der Waals surface area (Å²) in [5.74, 6) is 2.62. The molecule has 18 heavy (non-hydrogen) atoms. The Labute approximate surface area is 110 Å². The van der Waals surface area contributed by atoms with Crippen molar-refractivity contribution in [2.45, 2.75) is 45.4 Å². The summed E-state index contributed by atoms with van der Waals surface area (Å²) in [7, 11) is 0. The number of aryl methyl sites for hydroxylation is 2. The summed E-state index contributed by atoms with van der Waals surface area (Å²) in [5.41, 5.74) is 2.22. The van der Waals surface area contributed by atoms with Gasteiger partial charge in [0.1, 0.15) is 5.82 Å². The van der Waals surface area contributed by atoms with Crippen LogP contribution in [-0.4, -0.2) is 34.5 Å². The highest BCUT2D eigenvalue weighted by molar-refractivity contribution is 5.11. The third-order valence-electron chi connectivity index (χ3n) is 4.08. The normalized spacial score (nSPS) is 25.3. The number of likely N-dealkylation sites (tertiary alicyclic amines) is 1. The third kappa shape index (κ3) is 2.89. The molecular formula is C15H23N3. The minimum absolute atomic E-state index is 0.552. The van der Waals surface area contributed by atoms with Crippen LogP contribution in [0.15, 0.2) is 6.07 Å². The summed E-state index contributed by atoms with van der Waals surface area (Å²) in [6.07, 6.45) is 5.44. The van der Waals surface area contributed by atoms with E-state index in [4.69, 9.17) is 0 Å². The zero-order valence-corrected chi connectivity index (χ0v) is 11.5. The minimum atomic E-state index is 0.552. The van der Waals surface area contributed by atoms with E-state index >= 15 is 0 Å². The molecule has 0 radical (unpaired) electrons. The molecule has 98 valence electrons. The number of piperidine rings is 1. The van der Waals surface area contributed by atoms with Crippen LogP contribution in [0.2, 0.25) is 0 Å². The quantitative estimate of drug-likeness (QED) is 0.820. The standard InChI is InChI=1S/C15H23N3/c1-11-8-12(2)17-15(16-11)14-4-3-7-18(10-14)9-13-5-6-13/h8,13-14H,3-7,9-10H2,1-2H3. The Morgan fingerprint density at radius 3 is 2.56 bits per heavy atom. The molecule has 1 aliphatic heterocycles. The summed E-state index contributed by atoms with van der Waals surface area (Å²) in [4.78, 5) is 11.9. The zero-order valence-electron chi connectivity index (χ0n) is 11.5. The van der Waals surface area contributed by atoms with Crippen LogP contribution in [0, 0.1) is 19.8 Å². The lowest BCUT2D eigenvalue weighted by molar-refractivity contribution is 0.196. The van der Waals surface area contributed by atoms with Crippen molar-refractivity contribution in [2.75, 3.05) is 19.6 Å². The molecular weight excluding hydrogens is 222 g/mol. The fourth-order valence-corrected chi connectivity index (χ4v) is 3.03. The van der Waals surface area contributed by atoms with Crippen molar-refractivity contribution in [3.8, 4) is 0 Å². The van der Waals surface area contributed by atoms with Crippen LogP contribution in [0.3, 0.4) is 0 Å². The van der Waals surface area contributed by atoms with Gasteiger partial charge < -0.3 is 4.90 Å². The Hall–Kier alpha value is -0.960. The zero-order chi connectivity index (χ0) is 12.5. The van der Waals surface area contributed by atoms with Crippen LogP contribution < -0.4 is 0 Å². The van der Waals surface area contributed by atoms with Crippen LogP contribution in [-0.2, 0) is 0 Å². The Balaban J connectivity index is 1.70. The Bertz CT molecular complexity index is 405. The topological polar surface area (TPSA) is 29.0 Å². The van der Waals surface area contributed by atoms with E-state index in [0.717, 1.165) is 23.1 Å².